The molecular formula is C32H51NO3. The maximum absolute atomic E-state index is 13.4. The number of nitrogens with zero attached hydrogens (tertiary/aromatic N) is 1. The standard InChI is InChI=1S/C32H51NO3/c1-20(6-11-29(35)33-19-30(2,3)27-17-36-18-28(27)33)24-9-10-25-23-8-7-21-16-22(34)12-14-31(21,4)26(23)13-15-32(24,25)5/h7,20,22-28,34H,6,8-19H2,1-5H3/t20-,22+,23+,24-,25+,26+,27-,28+,31+,32-/m1/s1. The van der Waals surface area contributed by atoms with Crippen molar-refractivity contribution in [1.82, 2.24) is 4.90 Å². The Morgan fingerprint density at radius 2 is 1.89 bits per heavy atom. The van der Waals surface area contributed by atoms with E-state index in [1.807, 2.05) is 0 Å². The third-order valence-corrected chi connectivity index (χ3v) is 13.0. The quantitative estimate of drug-likeness (QED) is 0.469. The smallest absolute Gasteiger partial charge is 0.222 e. The van der Waals surface area contributed by atoms with Crippen LogP contribution in [-0.2, 0) is 9.53 Å². The van der Waals surface area contributed by atoms with E-state index >= 15 is 0 Å². The molecule has 4 nitrogen and oxygen atoms in total. The fourth-order valence-corrected chi connectivity index (χ4v) is 10.9. The van der Waals surface area contributed by atoms with Gasteiger partial charge < -0.3 is 14.7 Å². The van der Waals surface area contributed by atoms with Crippen LogP contribution in [0.5, 0.6) is 0 Å². The average molecular weight is 498 g/mol. The molecule has 2 heterocycles. The summed E-state index contributed by atoms with van der Waals surface area (Å²) >= 11 is 0. The Morgan fingerprint density at radius 3 is 2.69 bits per heavy atom. The highest BCUT2D eigenvalue weighted by Gasteiger charge is 2.59. The van der Waals surface area contributed by atoms with Crippen LogP contribution in [0.4, 0.5) is 0 Å². The zero-order valence-corrected chi connectivity index (χ0v) is 23.6. The molecule has 0 radical (unpaired) electrons. The molecule has 2 saturated heterocycles. The molecule has 202 valence electrons. The Hall–Kier alpha value is -0.870. The number of hydrogen-bond donors (Lipinski definition) is 1. The Kier molecular flexibility index (Phi) is 6.23. The minimum absolute atomic E-state index is 0.118. The van der Waals surface area contributed by atoms with Crippen LogP contribution in [0.25, 0.3) is 0 Å². The first-order valence-electron chi connectivity index (χ1n) is 15.3. The van der Waals surface area contributed by atoms with E-state index in [1.54, 1.807) is 5.57 Å². The SMILES string of the molecule is C[C@H](CCC(=O)N1CC(C)(C)[C@@H]2COC[C@@H]21)[C@H]1CC[C@H]2[C@@H]3CC=C4C[C@@H](O)CC[C@]4(C)[C@H]3CC[C@]12C. The van der Waals surface area contributed by atoms with E-state index in [0.29, 0.717) is 41.0 Å². The lowest BCUT2D eigenvalue weighted by molar-refractivity contribution is -0.133. The summed E-state index contributed by atoms with van der Waals surface area (Å²) in [7, 11) is 0. The number of rotatable bonds is 4. The molecule has 0 unspecified atom stereocenters. The molecule has 6 rings (SSSR count). The molecule has 36 heavy (non-hydrogen) atoms. The van der Waals surface area contributed by atoms with E-state index in [1.165, 1.54) is 38.5 Å². The van der Waals surface area contributed by atoms with Gasteiger partial charge >= 0.3 is 0 Å². The lowest BCUT2D eigenvalue weighted by atomic mass is 9.47. The van der Waals surface area contributed by atoms with Crippen molar-refractivity contribution in [1.29, 1.82) is 0 Å². The van der Waals surface area contributed by atoms with Gasteiger partial charge in [0, 0.05) is 18.9 Å². The van der Waals surface area contributed by atoms with Gasteiger partial charge in [-0.05, 0) is 104 Å². The van der Waals surface area contributed by atoms with Gasteiger partial charge in [-0.1, -0.05) is 46.3 Å². The topological polar surface area (TPSA) is 49.8 Å². The minimum Gasteiger partial charge on any atom is -0.393 e. The molecule has 10 atom stereocenters. The lowest BCUT2D eigenvalue weighted by Gasteiger charge is -2.58. The van der Waals surface area contributed by atoms with Crippen LogP contribution in [0.1, 0.15) is 98.8 Å². The molecule has 0 aromatic carbocycles. The molecule has 0 bridgehead atoms. The number of ether oxygens (including phenoxy) is 1. The van der Waals surface area contributed by atoms with E-state index in [9.17, 15) is 9.90 Å². The molecular weight excluding hydrogens is 446 g/mol. The number of carbonyl (C=O) groups is 1. The number of fused-ring (bicyclic) bond motifs is 6. The van der Waals surface area contributed by atoms with E-state index < -0.39 is 0 Å². The Bertz CT molecular complexity index is 911. The molecule has 4 aliphatic carbocycles. The Balaban J connectivity index is 1.11. The summed E-state index contributed by atoms with van der Waals surface area (Å²) in [5.41, 5.74) is 2.51. The van der Waals surface area contributed by atoms with Crippen molar-refractivity contribution in [2.45, 2.75) is 111 Å². The molecule has 5 fully saturated rings. The van der Waals surface area contributed by atoms with Crippen LogP contribution in [0.2, 0.25) is 0 Å². The maximum Gasteiger partial charge on any atom is 0.222 e. The van der Waals surface area contributed by atoms with E-state index in [2.05, 4.69) is 45.6 Å². The van der Waals surface area contributed by atoms with Crippen molar-refractivity contribution in [3.05, 3.63) is 11.6 Å². The van der Waals surface area contributed by atoms with Crippen molar-refractivity contribution in [3.63, 3.8) is 0 Å². The third kappa shape index (κ3) is 3.78. The second-order valence-corrected chi connectivity index (χ2v) is 15.1. The van der Waals surface area contributed by atoms with Crippen LogP contribution in [0.3, 0.4) is 0 Å². The van der Waals surface area contributed by atoms with Gasteiger partial charge in [-0.25, -0.2) is 0 Å². The van der Waals surface area contributed by atoms with Crippen molar-refractivity contribution in [3.8, 4) is 0 Å². The van der Waals surface area contributed by atoms with Crippen molar-refractivity contribution >= 4 is 5.91 Å². The molecule has 3 saturated carbocycles. The normalized spacial score (nSPS) is 48.0. The zero-order chi connectivity index (χ0) is 25.5. The van der Waals surface area contributed by atoms with Crippen LogP contribution in [0, 0.1) is 51.8 Å². The number of allylic oxidation sites excluding steroid dienone is 1. The molecule has 6 aliphatic rings. The number of likely N-dealkylation sites (tertiary alicyclic amines) is 1. The summed E-state index contributed by atoms with van der Waals surface area (Å²) in [4.78, 5) is 15.6. The molecule has 1 amide bonds. The number of amides is 1. The van der Waals surface area contributed by atoms with Gasteiger partial charge in [0.1, 0.15) is 0 Å². The second-order valence-electron chi connectivity index (χ2n) is 15.1. The summed E-state index contributed by atoms with van der Waals surface area (Å²) in [6.07, 6.45) is 13.9. The predicted molar refractivity (Wildman–Crippen MR) is 143 cm³/mol. The van der Waals surface area contributed by atoms with Gasteiger partial charge in [0.25, 0.3) is 0 Å². The molecule has 0 spiro atoms. The van der Waals surface area contributed by atoms with Gasteiger partial charge in [-0.15, -0.1) is 0 Å². The van der Waals surface area contributed by atoms with Gasteiger partial charge in [0.2, 0.25) is 5.91 Å². The molecule has 2 aliphatic heterocycles. The highest BCUT2D eigenvalue weighted by atomic mass is 16.5. The number of aliphatic hydroxyl groups is 1. The first-order valence-corrected chi connectivity index (χ1v) is 15.3. The Labute approximate surface area is 219 Å². The largest absolute Gasteiger partial charge is 0.393 e. The highest BCUT2D eigenvalue weighted by Crippen LogP contribution is 2.67. The van der Waals surface area contributed by atoms with E-state index in [4.69, 9.17) is 4.74 Å². The fraction of sp³-hybridized carbons (Fsp3) is 0.906. The van der Waals surface area contributed by atoms with Crippen LogP contribution >= 0.6 is 0 Å². The Morgan fingerprint density at radius 1 is 1.08 bits per heavy atom. The van der Waals surface area contributed by atoms with Crippen molar-refractivity contribution < 1.29 is 14.6 Å². The van der Waals surface area contributed by atoms with Gasteiger partial charge in [-0.2, -0.15) is 0 Å². The van der Waals surface area contributed by atoms with Crippen molar-refractivity contribution in [2.75, 3.05) is 19.8 Å². The number of aliphatic hydroxyl groups excluding tert-OH is 1. The van der Waals surface area contributed by atoms with Crippen LogP contribution < -0.4 is 0 Å². The summed E-state index contributed by atoms with van der Waals surface area (Å²) in [5, 5.41) is 10.3. The van der Waals surface area contributed by atoms with E-state index in [0.717, 1.165) is 62.7 Å². The van der Waals surface area contributed by atoms with Crippen LogP contribution in [0.15, 0.2) is 11.6 Å². The molecule has 4 heteroatoms. The number of hydrogen-bond acceptors (Lipinski definition) is 3. The summed E-state index contributed by atoms with van der Waals surface area (Å²) in [6.45, 7) is 14.7. The second kappa shape index (κ2) is 8.83. The summed E-state index contributed by atoms with van der Waals surface area (Å²) in [5.74, 6) is 4.69. The first kappa shape index (κ1) is 25.4. The summed E-state index contributed by atoms with van der Waals surface area (Å²) < 4.78 is 5.79. The average Bonchev–Trinajstić information content (AvgIpc) is 3.52. The maximum atomic E-state index is 13.4. The molecule has 0 aromatic rings. The monoisotopic (exact) mass is 497 g/mol. The van der Waals surface area contributed by atoms with E-state index in [-0.39, 0.29) is 11.5 Å². The predicted octanol–water partition coefficient (Wildman–Crippen LogP) is 6.23. The zero-order valence-electron chi connectivity index (χ0n) is 23.6. The summed E-state index contributed by atoms with van der Waals surface area (Å²) in [6, 6.07) is 0.304. The lowest BCUT2D eigenvalue weighted by Crippen LogP contribution is -2.50. The van der Waals surface area contributed by atoms with Gasteiger partial charge in [0.05, 0.1) is 25.4 Å². The number of carbonyl (C=O) groups excluding carboxylic acids is 1. The molecule has 0 aromatic heterocycles. The molecule has 1 N–H and O–H groups in total. The van der Waals surface area contributed by atoms with Gasteiger partial charge in [-0.3, -0.25) is 4.79 Å². The van der Waals surface area contributed by atoms with Gasteiger partial charge in [0.15, 0.2) is 0 Å². The fourth-order valence-electron chi connectivity index (χ4n) is 10.9. The first-order chi connectivity index (χ1) is 17.0. The van der Waals surface area contributed by atoms with Crippen molar-refractivity contribution in [2.24, 2.45) is 51.8 Å². The minimum atomic E-state index is -0.118. The third-order valence-electron chi connectivity index (χ3n) is 13.0. The van der Waals surface area contributed by atoms with Crippen LogP contribution in [-0.4, -0.2) is 47.8 Å². The highest BCUT2D eigenvalue weighted by molar-refractivity contribution is 5.77.